The van der Waals surface area contributed by atoms with Gasteiger partial charge < -0.3 is 14.4 Å². The summed E-state index contributed by atoms with van der Waals surface area (Å²) in [5.41, 5.74) is 0.816. The number of likely N-dealkylation sites (tertiary alicyclic amines) is 1. The number of fused-ring (bicyclic) bond motifs is 1. The number of carbonyl (C=O) groups is 1. The Kier molecular flexibility index (Phi) is 5.46. The molecule has 2 saturated heterocycles. The number of amides is 1. The summed E-state index contributed by atoms with van der Waals surface area (Å²) < 4.78 is 11.0. The van der Waals surface area contributed by atoms with Crippen molar-refractivity contribution in [3.05, 3.63) is 22.4 Å². The monoisotopic (exact) mass is 324 g/mol. The standard InChI is InChI=1S/C16H24N2O3S/c1-20-7-5-17-6-8-21-11-13-2-4-18(10-15(13)17)16(19)14-3-9-22-12-14/h3,9,12-13,15H,2,4-8,10-11H2,1H3/t13-,15-/m0/s1. The lowest BCUT2D eigenvalue weighted by Crippen LogP contribution is -2.55. The molecule has 2 fully saturated rings. The van der Waals surface area contributed by atoms with Gasteiger partial charge in [-0.05, 0) is 17.9 Å². The Hall–Kier alpha value is -0.950. The van der Waals surface area contributed by atoms with Crippen LogP contribution in [-0.2, 0) is 9.47 Å². The molecule has 0 aromatic carbocycles. The number of methoxy groups -OCH3 is 1. The quantitative estimate of drug-likeness (QED) is 0.843. The molecule has 0 saturated carbocycles. The Morgan fingerprint density at radius 1 is 1.50 bits per heavy atom. The Balaban J connectivity index is 1.69. The van der Waals surface area contributed by atoms with Gasteiger partial charge >= 0.3 is 0 Å². The molecule has 0 radical (unpaired) electrons. The number of piperidine rings is 1. The van der Waals surface area contributed by atoms with E-state index in [4.69, 9.17) is 9.47 Å². The third-order valence-corrected chi connectivity index (χ3v) is 5.37. The number of carbonyl (C=O) groups excluding carboxylic acids is 1. The molecule has 1 amide bonds. The van der Waals surface area contributed by atoms with E-state index in [1.54, 1.807) is 18.4 Å². The number of thiophene rings is 1. The fourth-order valence-electron chi connectivity index (χ4n) is 3.41. The molecular weight excluding hydrogens is 300 g/mol. The number of rotatable bonds is 4. The molecular formula is C16H24N2O3S. The summed E-state index contributed by atoms with van der Waals surface area (Å²) in [7, 11) is 1.74. The average molecular weight is 324 g/mol. The van der Waals surface area contributed by atoms with Crippen molar-refractivity contribution in [2.24, 2.45) is 5.92 Å². The molecule has 0 aliphatic carbocycles. The van der Waals surface area contributed by atoms with E-state index < -0.39 is 0 Å². The van der Waals surface area contributed by atoms with E-state index in [2.05, 4.69) is 4.90 Å². The predicted octanol–water partition coefficient (Wildman–Crippen LogP) is 1.56. The highest BCUT2D eigenvalue weighted by Crippen LogP contribution is 2.26. The Bertz CT molecular complexity index is 480. The molecule has 3 rings (SSSR count). The van der Waals surface area contributed by atoms with Gasteiger partial charge in [0.05, 0.1) is 25.4 Å². The van der Waals surface area contributed by atoms with Gasteiger partial charge in [-0.1, -0.05) is 0 Å². The molecule has 6 heteroatoms. The lowest BCUT2D eigenvalue weighted by Gasteiger charge is -2.42. The molecule has 1 aromatic rings. The van der Waals surface area contributed by atoms with Crippen LogP contribution in [0.4, 0.5) is 0 Å². The van der Waals surface area contributed by atoms with E-state index in [-0.39, 0.29) is 5.91 Å². The summed E-state index contributed by atoms with van der Waals surface area (Å²) in [5, 5.41) is 3.90. The minimum atomic E-state index is 0.163. The van der Waals surface area contributed by atoms with Crippen LogP contribution in [0.5, 0.6) is 0 Å². The van der Waals surface area contributed by atoms with Crippen LogP contribution in [0.25, 0.3) is 0 Å². The van der Waals surface area contributed by atoms with Crippen molar-refractivity contribution in [3.63, 3.8) is 0 Å². The first-order valence-electron chi connectivity index (χ1n) is 7.92. The topological polar surface area (TPSA) is 42.0 Å². The van der Waals surface area contributed by atoms with E-state index in [0.717, 1.165) is 58.0 Å². The summed E-state index contributed by atoms with van der Waals surface area (Å²) in [6.45, 7) is 5.77. The lowest BCUT2D eigenvalue weighted by atomic mass is 9.91. The van der Waals surface area contributed by atoms with E-state index >= 15 is 0 Å². The third-order valence-electron chi connectivity index (χ3n) is 4.68. The van der Waals surface area contributed by atoms with E-state index in [0.29, 0.717) is 12.0 Å². The maximum Gasteiger partial charge on any atom is 0.254 e. The van der Waals surface area contributed by atoms with Crippen LogP contribution in [0.2, 0.25) is 0 Å². The van der Waals surface area contributed by atoms with Crippen LogP contribution < -0.4 is 0 Å². The SMILES string of the molecule is COCCN1CCOC[C@@H]2CCN(C(=O)c3ccsc3)C[C@@H]21. The molecule has 0 N–H and O–H groups in total. The van der Waals surface area contributed by atoms with Crippen molar-refractivity contribution in [2.45, 2.75) is 12.5 Å². The second-order valence-corrected chi connectivity index (χ2v) is 6.76. The Morgan fingerprint density at radius 2 is 2.41 bits per heavy atom. The summed E-state index contributed by atoms with van der Waals surface area (Å²) in [4.78, 5) is 17.0. The Morgan fingerprint density at radius 3 is 3.18 bits per heavy atom. The second kappa shape index (κ2) is 7.55. The molecule has 0 spiro atoms. The van der Waals surface area contributed by atoms with Crippen molar-refractivity contribution >= 4 is 17.2 Å². The van der Waals surface area contributed by atoms with Crippen molar-refractivity contribution < 1.29 is 14.3 Å². The largest absolute Gasteiger partial charge is 0.383 e. The first-order valence-corrected chi connectivity index (χ1v) is 8.86. The third kappa shape index (κ3) is 3.51. The van der Waals surface area contributed by atoms with Gasteiger partial charge in [0.25, 0.3) is 5.91 Å². The van der Waals surface area contributed by atoms with Crippen molar-refractivity contribution in [3.8, 4) is 0 Å². The molecule has 2 atom stereocenters. The second-order valence-electron chi connectivity index (χ2n) is 5.98. The van der Waals surface area contributed by atoms with E-state index in [1.807, 2.05) is 21.7 Å². The summed E-state index contributed by atoms with van der Waals surface area (Å²) in [6.07, 6.45) is 1.02. The van der Waals surface area contributed by atoms with Gasteiger partial charge in [0, 0.05) is 50.6 Å². The van der Waals surface area contributed by atoms with Crippen molar-refractivity contribution in [1.29, 1.82) is 0 Å². The summed E-state index contributed by atoms with van der Waals surface area (Å²) in [6, 6.07) is 2.30. The van der Waals surface area contributed by atoms with Gasteiger partial charge in [-0.3, -0.25) is 9.69 Å². The normalized spacial score (nSPS) is 26.5. The number of hydrogen-bond acceptors (Lipinski definition) is 5. The first kappa shape index (κ1) is 15.9. The maximum atomic E-state index is 12.6. The lowest BCUT2D eigenvalue weighted by molar-refractivity contribution is 0.0328. The van der Waals surface area contributed by atoms with Gasteiger partial charge in [-0.15, -0.1) is 0 Å². The predicted molar refractivity (Wildman–Crippen MR) is 86.4 cm³/mol. The molecule has 0 unspecified atom stereocenters. The molecule has 0 bridgehead atoms. The molecule has 2 aliphatic rings. The van der Waals surface area contributed by atoms with Crippen LogP contribution in [0.15, 0.2) is 16.8 Å². The minimum absolute atomic E-state index is 0.163. The van der Waals surface area contributed by atoms with Crippen molar-refractivity contribution in [2.75, 3.05) is 53.1 Å². The average Bonchev–Trinajstić information content (AvgIpc) is 3.01. The molecule has 122 valence electrons. The highest BCUT2D eigenvalue weighted by atomic mass is 32.1. The van der Waals surface area contributed by atoms with Crippen LogP contribution in [-0.4, -0.2) is 74.9 Å². The number of nitrogens with zero attached hydrogens (tertiary/aromatic N) is 2. The zero-order valence-electron chi connectivity index (χ0n) is 13.1. The smallest absolute Gasteiger partial charge is 0.254 e. The fourth-order valence-corrected chi connectivity index (χ4v) is 4.04. The van der Waals surface area contributed by atoms with Crippen LogP contribution in [0, 0.1) is 5.92 Å². The zero-order chi connectivity index (χ0) is 15.4. The van der Waals surface area contributed by atoms with E-state index in [9.17, 15) is 4.79 Å². The highest BCUT2D eigenvalue weighted by Gasteiger charge is 2.36. The van der Waals surface area contributed by atoms with Crippen LogP contribution >= 0.6 is 11.3 Å². The van der Waals surface area contributed by atoms with Gasteiger partial charge in [-0.2, -0.15) is 11.3 Å². The van der Waals surface area contributed by atoms with Crippen LogP contribution in [0.1, 0.15) is 16.8 Å². The molecule has 1 aromatic heterocycles. The molecule has 22 heavy (non-hydrogen) atoms. The zero-order valence-corrected chi connectivity index (χ0v) is 13.9. The molecule has 5 nitrogen and oxygen atoms in total. The van der Waals surface area contributed by atoms with Gasteiger partial charge in [0.2, 0.25) is 0 Å². The summed E-state index contributed by atoms with van der Waals surface area (Å²) >= 11 is 1.58. The van der Waals surface area contributed by atoms with Gasteiger partial charge in [-0.25, -0.2) is 0 Å². The van der Waals surface area contributed by atoms with Gasteiger partial charge in [0.15, 0.2) is 0 Å². The molecule has 2 aliphatic heterocycles. The maximum absolute atomic E-state index is 12.6. The van der Waals surface area contributed by atoms with Crippen LogP contribution in [0.3, 0.4) is 0 Å². The van der Waals surface area contributed by atoms with E-state index in [1.165, 1.54) is 0 Å². The summed E-state index contributed by atoms with van der Waals surface area (Å²) in [5.74, 6) is 0.683. The molecule has 3 heterocycles. The highest BCUT2D eigenvalue weighted by molar-refractivity contribution is 7.08. The van der Waals surface area contributed by atoms with Crippen molar-refractivity contribution in [1.82, 2.24) is 9.80 Å². The number of ether oxygens (including phenoxy) is 2. The minimum Gasteiger partial charge on any atom is -0.383 e. The first-order chi connectivity index (χ1) is 10.8. The number of hydrogen-bond donors (Lipinski definition) is 0. The van der Waals surface area contributed by atoms with Gasteiger partial charge in [0.1, 0.15) is 0 Å². The Labute approximate surface area is 135 Å². The fraction of sp³-hybridized carbons (Fsp3) is 0.688.